The lowest BCUT2D eigenvalue weighted by atomic mass is 10.1. The Morgan fingerprint density at radius 1 is 1.40 bits per heavy atom. The number of aryl methyl sites for hydroxylation is 1. The molecule has 4 nitrogen and oxygen atoms in total. The molecule has 7 heteroatoms. The van der Waals surface area contributed by atoms with Crippen molar-refractivity contribution in [2.75, 3.05) is 0 Å². The molecule has 0 spiro atoms. The third-order valence-electron chi connectivity index (χ3n) is 2.80. The minimum Gasteiger partial charge on any atom is -0.423 e. The minimum atomic E-state index is -0.355. The number of hydrogen-bond acceptors (Lipinski definition) is 6. The van der Waals surface area contributed by atoms with Gasteiger partial charge in [-0.2, -0.15) is 0 Å². The summed E-state index contributed by atoms with van der Waals surface area (Å²) in [7, 11) is 0. The molecule has 20 heavy (non-hydrogen) atoms. The standard InChI is InChI=1S/C13H9ClN2O2S2/c1-7-2-11-9(4-10(7)14)8(3-12(17)18-11)5-19-13-16-15-6-20-13/h2-4,6H,5H2,1H3. The molecule has 0 saturated heterocycles. The van der Waals surface area contributed by atoms with Crippen LogP contribution in [-0.2, 0) is 5.75 Å². The maximum Gasteiger partial charge on any atom is 0.336 e. The van der Waals surface area contributed by atoms with Gasteiger partial charge in [0.2, 0.25) is 0 Å². The van der Waals surface area contributed by atoms with Crippen LogP contribution in [0.2, 0.25) is 5.02 Å². The Bertz CT molecular complexity index is 815. The minimum absolute atomic E-state index is 0.355. The zero-order chi connectivity index (χ0) is 14.1. The quantitative estimate of drug-likeness (QED) is 0.540. The van der Waals surface area contributed by atoms with E-state index in [1.807, 2.05) is 13.0 Å². The maximum absolute atomic E-state index is 11.6. The maximum atomic E-state index is 11.6. The number of fused-ring (bicyclic) bond motifs is 1. The molecule has 0 aliphatic heterocycles. The van der Waals surface area contributed by atoms with Crippen molar-refractivity contribution >= 4 is 45.7 Å². The number of hydrogen-bond donors (Lipinski definition) is 0. The molecule has 2 heterocycles. The van der Waals surface area contributed by atoms with Crippen molar-refractivity contribution in [2.24, 2.45) is 0 Å². The molecule has 3 aromatic rings. The molecule has 0 unspecified atom stereocenters. The first kappa shape index (κ1) is 13.6. The number of thioether (sulfide) groups is 1. The Hall–Kier alpha value is -1.37. The Morgan fingerprint density at radius 3 is 3.00 bits per heavy atom. The molecule has 0 amide bonds. The largest absolute Gasteiger partial charge is 0.423 e. The van der Waals surface area contributed by atoms with Gasteiger partial charge in [-0.3, -0.25) is 0 Å². The first-order chi connectivity index (χ1) is 9.63. The SMILES string of the molecule is Cc1cc2oc(=O)cc(CSc3nncs3)c2cc1Cl. The average molecular weight is 325 g/mol. The predicted molar refractivity (Wildman–Crippen MR) is 81.7 cm³/mol. The molecule has 0 bridgehead atoms. The van der Waals surface area contributed by atoms with Gasteiger partial charge in [0.25, 0.3) is 0 Å². The summed E-state index contributed by atoms with van der Waals surface area (Å²) in [5.41, 5.74) is 3.66. The monoisotopic (exact) mass is 324 g/mol. The molecule has 0 fully saturated rings. The van der Waals surface area contributed by atoms with Gasteiger partial charge in [-0.05, 0) is 30.2 Å². The van der Waals surface area contributed by atoms with Crippen LogP contribution in [0.15, 0.2) is 37.3 Å². The fraction of sp³-hybridized carbons (Fsp3) is 0.154. The van der Waals surface area contributed by atoms with Gasteiger partial charge in [0.15, 0.2) is 4.34 Å². The van der Waals surface area contributed by atoms with Crippen LogP contribution >= 0.6 is 34.7 Å². The highest BCUT2D eigenvalue weighted by atomic mass is 35.5. The van der Waals surface area contributed by atoms with Gasteiger partial charge in [-0.1, -0.05) is 34.7 Å². The lowest BCUT2D eigenvalue weighted by molar-refractivity contribution is 0.559. The first-order valence-electron chi connectivity index (χ1n) is 5.75. The Kier molecular flexibility index (Phi) is 3.78. The molecule has 2 aromatic heterocycles. The van der Waals surface area contributed by atoms with E-state index < -0.39 is 0 Å². The highest BCUT2D eigenvalue weighted by Gasteiger charge is 2.09. The molecular weight excluding hydrogens is 316 g/mol. The Labute approximate surface area is 127 Å². The summed E-state index contributed by atoms with van der Waals surface area (Å²) in [5.74, 6) is 0.622. The molecular formula is C13H9ClN2O2S2. The van der Waals surface area contributed by atoms with Crippen LogP contribution in [-0.4, -0.2) is 10.2 Å². The first-order valence-corrected chi connectivity index (χ1v) is 7.99. The van der Waals surface area contributed by atoms with Crippen LogP contribution in [0.25, 0.3) is 11.0 Å². The zero-order valence-electron chi connectivity index (χ0n) is 10.4. The number of nitrogens with zero attached hydrogens (tertiary/aromatic N) is 2. The van der Waals surface area contributed by atoms with E-state index in [0.29, 0.717) is 16.4 Å². The third kappa shape index (κ3) is 2.72. The summed E-state index contributed by atoms with van der Waals surface area (Å²) in [6.45, 7) is 1.88. The molecule has 0 radical (unpaired) electrons. The van der Waals surface area contributed by atoms with Gasteiger partial charge in [0, 0.05) is 22.2 Å². The van der Waals surface area contributed by atoms with Gasteiger partial charge < -0.3 is 4.42 Å². The average Bonchev–Trinajstić information content (AvgIpc) is 2.91. The second kappa shape index (κ2) is 5.55. The summed E-state index contributed by atoms with van der Waals surface area (Å²) in [5, 5.41) is 9.27. The van der Waals surface area contributed by atoms with Crippen molar-refractivity contribution < 1.29 is 4.42 Å². The van der Waals surface area contributed by atoms with Crippen LogP contribution in [0, 0.1) is 6.92 Å². The van der Waals surface area contributed by atoms with Crippen molar-refractivity contribution in [3.63, 3.8) is 0 Å². The van der Waals surface area contributed by atoms with Crippen molar-refractivity contribution in [3.8, 4) is 0 Å². The second-order valence-corrected chi connectivity index (χ2v) is 6.64. The van der Waals surface area contributed by atoms with Gasteiger partial charge >= 0.3 is 5.63 Å². The highest BCUT2D eigenvalue weighted by Crippen LogP contribution is 2.29. The van der Waals surface area contributed by atoms with Crippen molar-refractivity contribution in [3.05, 3.63) is 50.3 Å². The van der Waals surface area contributed by atoms with Gasteiger partial charge in [-0.15, -0.1) is 10.2 Å². The lowest BCUT2D eigenvalue weighted by Gasteiger charge is -2.06. The van der Waals surface area contributed by atoms with E-state index >= 15 is 0 Å². The molecule has 0 aliphatic carbocycles. The van der Waals surface area contributed by atoms with Crippen molar-refractivity contribution in [2.45, 2.75) is 17.0 Å². The van der Waals surface area contributed by atoms with E-state index in [4.69, 9.17) is 16.0 Å². The van der Waals surface area contributed by atoms with E-state index in [-0.39, 0.29) is 5.63 Å². The molecule has 0 N–H and O–H groups in total. The fourth-order valence-electron chi connectivity index (χ4n) is 1.83. The summed E-state index contributed by atoms with van der Waals surface area (Å²) in [6.07, 6.45) is 0. The summed E-state index contributed by atoms with van der Waals surface area (Å²) < 4.78 is 6.09. The van der Waals surface area contributed by atoms with Crippen LogP contribution in [0.3, 0.4) is 0 Å². The lowest BCUT2D eigenvalue weighted by Crippen LogP contribution is -2.00. The third-order valence-corrected chi connectivity index (χ3v) is 5.12. The molecule has 0 aliphatic rings. The van der Waals surface area contributed by atoms with Gasteiger partial charge in [-0.25, -0.2) is 4.79 Å². The molecule has 3 rings (SSSR count). The van der Waals surface area contributed by atoms with E-state index in [2.05, 4.69) is 10.2 Å². The Morgan fingerprint density at radius 2 is 2.25 bits per heavy atom. The fourth-order valence-corrected chi connectivity index (χ4v) is 3.48. The normalized spacial score (nSPS) is 11.1. The number of halogens is 1. The molecule has 1 aromatic carbocycles. The topological polar surface area (TPSA) is 56.0 Å². The zero-order valence-corrected chi connectivity index (χ0v) is 12.8. The number of benzene rings is 1. The summed E-state index contributed by atoms with van der Waals surface area (Å²) in [4.78, 5) is 11.6. The van der Waals surface area contributed by atoms with Gasteiger partial charge in [0.1, 0.15) is 11.1 Å². The second-order valence-electron chi connectivity index (χ2n) is 4.18. The van der Waals surface area contributed by atoms with Crippen LogP contribution in [0.1, 0.15) is 11.1 Å². The molecule has 0 saturated carbocycles. The van der Waals surface area contributed by atoms with Crippen LogP contribution in [0.4, 0.5) is 0 Å². The smallest absolute Gasteiger partial charge is 0.336 e. The molecule has 0 atom stereocenters. The van der Waals surface area contributed by atoms with E-state index in [0.717, 1.165) is 20.9 Å². The Balaban J connectivity index is 2.04. The van der Waals surface area contributed by atoms with E-state index in [1.165, 1.54) is 29.2 Å². The molecule has 102 valence electrons. The predicted octanol–water partition coefficient (Wildman–Crippen LogP) is 3.90. The van der Waals surface area contributed by atoms with Gasteiger partial charge in [0.05, 0.1) is 0 Å². The summed E-state index contributed by atoms with van der Waals surface area (Å²) >= 11 is 9.16. The van der Waals surface area contributed by atoms with Crippen molar-refractivity contribution in [1.29, 1.82) is 0 Å². The summed E-state index contributed by atoms with van der Waals surface area (Å²) in [6, 6.07) is 5.13. The highest BCUT2D eigenvalue weighted by molar-refractivity contribution is 8.00. The van der Waals surface area contributed by atoms with Crippen molar-refractivity contribution in [1.82, 2.24) is 10.2 Å². The number of aromatic nitrogens is 2. The number of rotatable bonds is 3. The van der Waals surface area contributed by atoms with Crippen LogP contribution < -0.4 is 5.63 Å². The van der Waals surface area contributed by atoms with Crippen LogP contribution in [0.5, 0.6) is 0 Å². The van der Waals surface area contributed by atoms with E-state index in [1.54, 1.807) is 11.6 Å². The van der Waals surface area contributed by atoms with E-state index in [9.17, 15) is 4.79 Å².